The minimum Gasteiger partial charge on any atom is -0.473 e. The average Bonchev–Trinajstić information content (AvgIpc) is 2.24. The molecular weight excluding hydrogens is 259 g/mol. The summed E-state index contributed by atoms with van der Waals surface area (Å²) >= 11 is 12.1. The number of rotatable bonds is 5. The standard InChI is InChI=1S/C12H16Cl2N2O/c1-2-6-15-11-9(13)7-10(14)12(16-11)17-8-4-3-5-8/h7-8H,2-6H2,1H3,(H,15,16). The Labute approximate surface area is 111 Å². The molecule has 1 aliphatic rings. The zero-order valence-electron chi connectivity index (χ0n) is 9.80. The van der Waals surface area contributed by atoms with Crippen LogP contribution in [0.2, 0.25) is 10.0 Å². The zero-order valence-corrected chi connectivity index (χ0v) is 11.3. The predicted octanol–water partition coefficient (Wildman–Crippen LogP) is 4.14. The number of halogens is 2. The molecule has 3 nitrogen and oxygen atoms in total. The van der Waals surface area contributed by atoms with Gasteiger partial charge in [-0.15, -0.1) is 0 Å². The van der Waals surface area contributed by atoms with Crippen molar-refractivity contribution in [1.82, 2.24) is 4.98 Å². The normalized spacial score (nSPS) is 15.5. The van der Waals surface area contributed by atoms with Crippen LogP contribution in [0.3, 0.4) is 0 Å². The molecule has 0 atom stereocenters. The van der Waals surface area contributed by atoms with Gasteiger partial charge < -0.3 is 10.1 Å². The summed E-state index contributed by atoms with van der Waals surface area (Å²) in [5.41, 5.74) is 0. The minimum absolute atomic E-state index is 0.264. The maximum Gasteiger partial charge on any atom is 0.234 e. The lowest BCUT2D eigenvalue weighted by atomic mass is 9.96. The maximum atomic E-state index is 6.06. The molecule has 1 aliphatic carbocycles. The molecule has 0 aromatic carbocycles. The minimum atomic E-state index is 0.264. The molecule has 0 aliphatic heterocycles. The molecule has 0 amide bonds. The molecule has 0 bridgehead atoms. The van der Waals surface area contributed by atoms with Gasteiger partial charge in [0, 0.05) is 6.54 Å². The topological polar surface area (TPSA) is 34.2 Å². The van der Waals surface area contributed by atoms with Gasteiger partial charge in [-0.25, -0.2) is 0 Å². The van der Waals surface area contributed by atoms with E-state index < -0.39 is 0 Å². The second kappa shape index (κ2) is 5.78. The lowest BCUT2D eigenvalue weighted by Crippen LogP contribution is -2.25. The number of anilines is 1. The summed E-state index contributed by atoms with van der Waals surface area (Å²) in [6.07, 6.45) is 4.66. The van der Waals surface area contributed by atoms with Crippen molar-refractivity contribution in [3.05, 3.63) is 16.1 Å². The summed E-state index contributed by atoms with van der Waals surface area (Å²) in [6.45, 7) is 2.92. The molecule has 1 fully saturated rings. The first-order chi connectivity index (χ1) is 8.20. The Bertz CT molecular complexity index is 394. The Kier molecular flexibility index (Phi) is 4.35. The molecule has 17 heavy (non-hydrogen) atoms. The van der Waals surface area contributed by atoms with E-state index in [2.05, 4.69) is 17.2 Å². The Balaban J connectivity index is 2.12. The van der Waals surface area contributed by atoms with Crippen LogP contribution < -0.4 is 10.1 Å². The Morgan fingerprint density at radius 1 is 1.41 bits per heavy atom. The highest BCUT2D eigenvalue weighted by molar-refractivity contribution is 6.36. The van der Waals surface area contributed by atoms with Crippen LogP contribution >= 0.6 is 23.2 Å². The van der Waals surface area contributed by atoms with Gasteiger partial charge in [0.2, 0.25) is 5.88 Å². The van der Waals surface area contributed by atoms with Gasteiger partial charge in [0.05, 0.1) is 5.02 Å². The summed E-state index contributed by atoms with van der Waals surface area (Å²) in [6, 6.07) is 1.68. The smallest absolute Gasteiger partial charge is 0.234 e. The van der Waals surface area contributed by atoms with Crippen LogP contribution in [0.5, 0.6) is 5.88 Å². The van der Waals surface area contributed by atoms with Crippen molar-refractivity contribution in [2.24, 2.45) is 0 Å². The highest BCUT2D eigenvalue weighted by Gasteiger charge is 2.21. The van der Waals surface area contributed by atoms with Gasteiger partial charge in [-0.3, -0.25) is 0 Å². The molecule has 0 unspecified atom stereocenters. The van der Waals surface area contributed by atoms with E-state index in [1.54, 1.807) is 6.07 Å². The number of nitrogens with one attached hydrogen (secondary N) is 1. The van der Waals surface area contributed by atoms with Crippen LogP contribution in [0.15, 0.2) is 6.07 Å². The molecule has 1 aromatic rings. The fraction of sp³-hybridized carbons (Fsp3) is 0.583. The molecular formula is C12H16Cl2N2O. The highest BCUT2D eigenvalue weighted by atomic mass is 35.5. The van der Waals surface area contributed by atoms with Gasteiger partial charge in [-0.05, 0) is 31.7 Å². The number of pyridine rings is 1. The van der Waals surface area contributed by atoms with Crippen molar-refractivity contribution in [3.8, 4) is 5.88 Å². The van der Waals surface area contributed by atoms with E-state index in [-0.39, 0.29) is 6.10 Å². The van der Waals surface area contributed by atoms with E-state index in [1.165, 1.54) is 6.42 Å². The third-order valence-electron chi connectivity index (χ3n) is 2.77. The summed E-state index contributed by atoms with van der Waals surface area (Å²) < 4.78 is 5.72. The molecule has 0 saturated heterocycles. The number of ether oxygens (including phenoxy) is 1. The van der Waals surface area contributed by atoms with Crippen molar-refractivity contribution in [2.45, 2.75) is 38.7 Å². The Hall–Kier alpha value is -0.670. The monoisotopic (exact) mass is 274 g/mol. The first-order valence-electron chi connectivity index (χ1n) is 5.97. The van der Waals surface area contributed by atoms with Crippen LogP contribution in [-0.4, -0.2) is 17.6 Å². The van der Waals surface area contributed by atoms with Crippen molar-refractivity contribution >= 4 is 29.0 Å². The first-order valence-corrected chi connectivity index (χ1v) is 6.73. The van der Waals surface area contributed by atoms with Crippen molar-refractivity contribution in [2.75, 3.05) is 11.9 Å². The van der Waals surface area contributed by atoms with Crippen LogP contribution in [-0.2, 0) is 0 Å². The Morgan fingerprint density at radius 3 is 2.76 bits per heavy atom. The van der Waals surface area contributed by atoms with Crippen LogP contribution in [0.4, 0.5) is 5.82 Å². The molecule has 1 N–H and O–H groups in total. The zero-order chi connectivity index (χ0) is 12.3. The molecule has 1 heterocycles. The van der Waals surface area contributed by atoms with Crippen LogP contribution in [0.1, 0.15) is 32.6 Å². The number of nitrogens with zero attached hydrogens (tertiary/aromatic N) is 1. The van der Waals surface area contributed by atoms with E-state index in [4.69, 9.17) is 27.9 Å². The predicted molar refractivity (Wildman–Crippen MR) is 71.3 cm³/mol. The fourth-order valence-electron chi connectivity index (χ4n) is 1.55. The lowest BCUT2D eigenvalue weighted by Gasteiger charge is -2.26. The van der Waals surface area contributed by atoms with E-state index >= 15 is 0 Å². The summed E-state index contributed by atoms with van der Waals surface area (Å²) in [5, 5.41) is 4.17. The highest BCUT2D eigenvalue weighted by Crippen LogP contribution is 2.33. The van der Waals surface area contributed by atoms with Gasteiger partial charge in [-0.1, -0.05) is 30.1 Å². The number of hydrogen-bond acceptors (Lipinski definition) is 3. The van der Waals surface area contributed by atoms with E-state index in [0.29, 0.717) is 21.7 Å². The number of aromatic nitrogens is 1. The molecule has 94 valence electrons. The van der Waals surface area contributed by atoms with Gasteiger partial charge in [0.1, 0.15) is 16.9 Å². The third kappa shape index (κ3) is 3.17. The first kappa shape index (κ1) is 12.8. The largest absolute Gasteiger partial charge is 0.473 e. The summed E-state index contributed by atoms with van der Waals surface area (Å²) in [5.74, 6) is 1.13. The van der Waals surface area contributed by atoms with Gasteiger partial charge >= 0.3 is 0 Å². The van der Waals surface area contributed by atoms with Gasteiger partial charge in [-0.2, -0.15) is 4.98 Å². The van der Waals surface area contributed by atoms with Gasteiger partial charge in [0.15, 0.2) is 0 Å². The van der Waals surface area contributed by atoms with Gasteiger partial charge in [0.25, 0.3) is 0 Å². The van der Waals surface area contributed by atoms with Crippen LogP contribution in [0.25, 0.3) is 0 Å². The quantitative estimate of drug-likeness (QED) is 0.876. The molecule has 1 saturated carbocycles. The maximum absolute atomic E-state index is 6.06. The number of hydrogen-bond donors (Lipinski definition) is 1. The Morgan fingerprint density at radius 2 is 2.18 bits per heavy atom. The molecule has 0 spiro atoms. The van der Waals surface area contributed by atoms with E-state index in [0.717, 1.165) is 25.8 Å². The molecule has 2 rings (SSSR count). The third-order valence-corrected chi connectivity index (χ3v) is 3.33. The molecule has 1 aromatic heterocycles. The van der Waals surface area contributed by atoms with Crippen molar-refractivity contribution < 1.29 is 4.74 Å². The fourth-order valence-corrected chi connectivity index (χ4v) is 2.02. The molecule has 5 heteroatoms. The van der Waals surface area contributed by atoms with E-state index in [1.807, 2.05) is 0 Å². The molecule has 0 radical (unpaired) electrons. The second-order valence-corrected chi connectivity index (χ2v) is 5.02. The summed E-state index contributed by atoms with van der Waals surface area (Å²) in [7, 11) is 0. The van der Waals surface area contributed by atoms with Crippen LogP contribution in [0, 0.1) is 0 Å². The average molecular weight is 275 g/mol. The lowest BCUT2D eigenvalue weighted by molar-refractivity contribution is 0.115. The van der Waals surface area contributed by atoms with Crippen molar-refractivity contribution in [3.63, 3.8) is 0 Å². The SMILES string of the molecule is CCCNc1nc(OC2CCC2)c(Cl)cc1Cl. The van der Waals surface area contributed by atoms with E-state index in [9.17, 15) is 0 Å². The van der Waals surface area contributed by atoms with Crippen molar-refractivity contribution in [1.29, 1.82) is 0 Å². The second-order valence-electron chi connectivity index (χ2n) is 4.20. The summed E-state index contributed by atoms with van der Waals surface area (Å²) in [4.78, 5) is 4.33.